The molecule has 2 aromatic rings. The van der Waals surface area contributed by atoms with E-state index < -0.39 is 11.7 Å². The van der Waals surface area contributed by atoms with Gasteiger partial charge in [-0.2, -0.15) is 13.2 Å². The number of rotatable bonds is 4. The second-order valence-electron chi connectivity index (χ2n) is 8.68. The Labute approximate surface area is 187 Å². The first-order chi connectivity index (χ1) is 13.5. The highest BCUT2D eigenvalue weighted by Gasteiger charge is 2.31. The summed E-state index contributed by atoms with van der Waals surface area (Å²) in [5.74, 6) is 0.316. The number of likely N-dealkylation sites (tertiary alicyclic amines) is 1. The van der Waals surface area contributed by atoms with Crippen LogP contribution in [0.4, 0.5) is 13.2 Å². The predicted octanol–water partition coefficient (Wildman–Crippen LogP) is 7.12. The number of hydrogen-bond donors (Lipinski definition) is 0. The van der Waals surface area contributed by atoms with Gasteiger partial charge in [-0.3, -0.25) is 4.90 Å². The zero-order valence-corrected chi connectivity index (χ0v) is 19.0. The van der Waals surface area contributed by atoms with E-state index in [2.05, 4.69) is 49.9 Å². The molecule has 1 aliphatic rings. The van der Waals surface area contributed by atoms with Crippen molar-refractivity contribution in [3.8, 4) is 5.75 Å². The van der Waals surface area contributed by atoms with Crippen molar-refractivity contribution in [1.82, 2.24) is 4.90 Å². The zero-order valence-electron chi connectivity index (χ0n) is 17.4. The number of halogens is 5. The molecule has 0 radical (unpaired) electrons. The topological polar surface area (TPSA) is 12.5 Å². The van der Waals surface area contributed by atoms with E-state index >= 15 is 0 Å². The van der Waals surface area contributed by atoms with Gasteiger partial charge in [0.2, 0.25) is 0 Å². The lowest BCUT2D eigenvalue weighted by molar-refractivity contribution is -0.137. The minimum atomic E-state index is -4.40. The lowest BCUT2D eigenvalue weighted by Crippen LogP contribution is -2.37. The minimum Gasteiger partial charge on any atom is -0.489 e. The Kier molecular flexibility index (Phi) is 8.11. The Bertz CT molecular complexity index is 824. The van der Waals surface area contributed by atoms with Crippen molar-refractivity contribution < 1.29 is 17.9 Å². The summed E-state index contributed by atoms with van der Waals surface area (Å²) >= 11 is 6.00. The second kappa shape index (κ2) is 9.80. The van der Waals surface area contributed by atoms with E-state index in [0.717, 1.165) is 44.6 Å². The molecular formula is C23H28Cl2F3NO. The smallest absolute Gasteiger partial charge is 0.416 e. The van der Waals surface area contributed by atoms with E-state index in [9.17, 15) is 13.2 Å². The molecule has 0 bridgehead atoms. The fourth-order valence-electron chi connectivity index (χ4n) is 3.51. The summed E-state index contributed by atoms with van der Waals surface area (Å²) in [5.41, 5.74) is 1.99. The molecule has 1 saturated heterocycles. The molecule has 0 aliphatic carbocycles. The number of benzene rings is 2. The quantitative estimate of drug-likeness (QED) is 0.480. The fraction of sp³-hybridized carbons (Fsp3) is 0.478. The summed E-state index contributed by atoms with van der Waals surface area (Å²) in [6.45, 7) is 9.26. The Hall–Kier alpha value is -1.43. The lowest BCUT2D eigenvalue weighted by Gasteiger charge is -2.32. The van der Waals surface area contributed by atoms with Crippen LogP contribution in [0.3, 0.4) is 0 Å². The van der Waals surface area contributed by atoms with Gasteiger partial charge in [-0.25, -0.2) is 0 Å². The summed E-state index contributed by atoms with van der Waals surface area (Å²) in [5, 5.41) is 0.00110. The van der Waals surface area contributed by atoms with Crippen molar-refractivity contribution >= 4 is 24.0 Å². The van der Waals surface area contributed by atoms with Crippen molar-refractivity contribution in [2.45, 2.75) is 57.9 Å². The molecule has 7 heteroatoms. The normalized spacial score (nSPS) is 16.2. The van der Waals surface area contributed by atoms with Gasteiger partial charge in [-0.05, 0) is 47.6 Å². The maximum Gasteiger partial charge on any atom is 0.416 e. The third kappa shape index (κ3) is 6.53. The average molecular weight is 462 g/mol. The average Bonchev–Trinajstić information content (AvgIpc) is 2.64. The minimum absolute atomic E-state index is 0. The lowest BCUT2D eigenvalue weighted by atomic mass is 9.86. The van der Waals surface area contributed by atoms with Crippen LogP contribution in [0.2, 0.25) is 5.02 Å². The largest absolute Gasteiger partial charge is 0.489 e. The standard InChI is InChI=1S/C23H27ClF3NO.ClH/c1-22(2,3)17-6-4-16(5-7-17)15-28-12-10-19(11-13-28)29-21-9-8-18(14-20(21)24)23(25,26)27;/h4-9,14,19H,10-13,15H2,1-3H3;1H. The van der Waals surface area contributed by atoms with Crippen LogP contribution in [0.15, 0.2) is 42.5 Å². The fourth-order valence-corrected chi connectivity index (χ4v) is 3.73. The molecule has 0 amide bonds. The highest BCUT2D eigenvalue weighted by atomic mass is 35.5. The molecule has 1 aliphatic heterocycles. The summed E-state index contributed by atoms with van der Waals surface area (Å²) in [7, 11) is 0. The van der Waals surface area contributed by atoms with E-state index in [1.807, 2.05) is 0 Å². The molecule has 0 saturated carbocycles. The van der Waals surface area contributed by atoms with E-state index in [0.29, 0.717) is 5.75 Å². The van der Waals surface area contributed by atoms with Gasteiger partial charge in [0, 0.05) is 19.6 Å². The highest BCUT2D eigenvalue weighted by molar-refractivity contribution is 6.32. The first-order valence-corrected chi connectivity index (χ1v) is 10.3. The van der Waals surface area contributed by atoms with Crippen LogP contribution in [-0.4, -0.2) is 24.1 Å². The Morgan fingerprint density at radius 3 is 2.03 bits per heavy atom. The van der Waals surface area contributed by atoms with Gasteiger partial charge < -0.3 is 4.74 Å². The maximum atomic E-state index is 12.8. The van der Waals surface area contributed by atoms with Crippen molar-refractivity contribution in [2.24, 2.45) is 0 Å². The van der Waals surface area contributed by atoms with Crippen LogP contribution in [0.5, 0.6) is 5.75 Å². The summed E-state index contributed by atoms with van der Waals surface area (Å²) in [6.07, 6.45) is -2.81. The van der Waals surface area contributed by atoms with Crippen LogP contribution in [0.25, 0.3) is 0 Å². The van der Waals surface area contributed by atoms with Gasteiger partial charge in [-0.15, -0.1) is 12.4 Å². The van der Waals surface area contributed by atoms with E-state index in [4.69, 9.17) is 16.3 Å². The van der Waals surface area contributed by atoms with E-state index in [-0.39, 0.29) is 28.9 Å². The van der Waals surface area contributed by atoms with Crippen LogP contribution in [0, 0.1) is 0 Å². The molecule has 1 heterocycles. The molecule has 2 aromatic carbocycles. The van der Waals surface area contributed by atoms with Crippen molar-refractivity contribution in [3.63, 3.8) is 0 Å². The van der Waals surface area contributed by atoms with E-state index in [1.54, 1.807) is 0 Å². The van der Waals surface area contributed by atoms with Crippen molar-refractivity contribution in [2.75, 3.05) is 13.1 Å². The SMILES string of the molecule is CC(C)(C)c1ccc(CN2CCC(Oc3ccc(C(F)(F)F)cc3Cl)CC2)cc1.Cl. The third-order valence-corrected chi connectivity index (χ3v) is 5.61. The van der Waals surface area contributed by atoms with Crippen molar-refractivity contribution in [1.29, 1.82) is 0 Å². The first kappa shape index (κ1) is 24.8. The number of piperidine rings is 1. The van der Waals surface area contributed by atoms with Gasteiger partial charge >= 0.3 is 6.18 Å². The first-order valence-electron chi connectivity index (χ1n) is 9.87. The molecule has 166 valence electrons. The second-order valence-corrected chi connectivity index (χ2v) is 9.09. The molecule has 2 nitrogen and oxygen atoms in total. The summed E-state index contributed by atoms with van der Waals surface area (Å²) < 4.78 is 44.1. The maximum absolute atomic E-state index is 12.8. The molecule has 0 atom stereocenters. The van der Waals surface area contributed by atoms with Crippen LogP contribution in [-0.2, 0) is 18.1 Å². The molecule has 0 N–H and O–H groups in total. The van der Waals surface area contributed by atoms with Crippen LogP contribution < -0.4 is 4.74 Å². The number of hydrogen-bond acceptors (Lipinski definition) is 2. The molecule has 0 aromatic heterocycles. The van der Waals surface area contributed by atoms with Crippen molar-refractivity contribution in [3.05, 3.63) is 64.2 Å². The summed E-state index contributed by atoms with van der Waals surface area (Å²) in [6, 6.07) is 12.0. The Morgan fingerprint density at radius 2 is 1.53 bits per heavy atom. The molecular weight excluding hydrogens is 434 g/mol. The monoisotopic (exact) mass is 461 g/mol. The van der Waals surface area contributed by atoms with Gasteiger partial charge in [-0.1, -0.05) is 56.6 Å². The summed E-state index contributed by atoms with van der Waals surface area (Å²) in [4.78, 5) is 2.38. The number of ether oxygens (including phenoxy) is 1. The molecule has 0 unspecified atom stereocenters. The van der Waals surface area contributed by atoms with Gasteiger partial charge in [0.05, 0.1) is 10.6 Å². The van der Waals surface area contributed by atoms with Crippen LogP contribution >= 0.6 is 24.0 Å². The zero-order chi connectivity index (χ0) is 21.2. The predicted molar refractivity (Wildman–Crippen MR) is 118 cm³/mol. The van der Waals surface area contributed by atoms with Gasteiger partial charge in [0.1, 0.15) is 11.9 Å². The highest BCUT2D eigenvalue weighted by Crippen LogP contribution is 2.35. The number of nitrogens with zero attached hydrogens (tertiary/aromatic N) is 1. The molecule has 3 rings (SSSR count). The Balaban J connectivity index is 0.00000320. The van der Waals surface area contributed by atoms with Gasteiger partial charge in [0.25, 0.3) is 0 Å². The third-order valence-electron chi connectivity index (χ3n) is 5.31. The Morgan fingerprint density at radius 1 is 0.967 bits per heavy atom. The van der Waals surface area contributed by atoms with Gasteiger partial charge in [0.15, 0.2) is 0 Å². The van der Waals surface area contributed by atoms with Crippen LogP contribution in [0.1, 0.15) is 50.3 Å². The van der Waals surface area contributed by atoms with E-state index in [1.165, 1.54) is 17.2 Å². The molecule has 0 spiro atoms. The number of alkyl halides is 3. The molecule has 30 heavy (non-hydrogen) atoms. The molecule has 1 fully saturated rings.